The van der Waals surface area contributed by atoms with Crippen molar-refractivity contribution in [2.24, 2.45) is 0 Å². The Morgan fingerprint density at radius 2 is 2.31 bits per heavy atom. The minimum absolute atomic E-state index is 0.395. The molecule has 1 saturated heterocycles. The van der Waals surface area contributed by atoms with Crippen LogP contribution < -0.4 is 0 Å². The molecular formula is C9H15NO3. The normalized spacial score (nSPS) is 16.2. The molecule has 4 nitrogen and oxygen atoms in total. The summed E-state index contributed by atoms with van der Waals surface area (Å²) in [5.74, 6) is -0.586. The number of rotatable bonds is 2. The quantitative estimate of drug-likeness (QED) is 0.638. The number of carboxylic acid groups (broad SMARTS) is 1. The van der Waals surface area contributed by atoms with Gasteiger partial charge >= 0.3 is 5.97 Å². The number of hydrogen-bond donors (Lipinski definition) is 1. The van der Waals surface area contributed by atoms with Crippen molar-refractivity contribution in [3.8, 4) is 0 Å². The Kier molecular flexibility index (Phi) is 5.80. The van der Waals surface area contributed by atoms with Crippen molar-refractivity contribution in [3.05, 3.63) is 12.7 Å². The van der Waals surface area contributed by atoms with E-state index in [1.165, 1.54) is 0 Å². The van der Waals surface area contributed by atoms with Gasteiger partial charge in [-0.2, -0.15) is 0 Å². The molecule has 0 radical (unpaired) electrons. The molecule has 0 spiro atoms. The topological polar surface area (TPSA) is 57.6 Å². The van der Waals surface area contributed by atoms with Crippen LogP contribution in [-0.2, 0) is 9.59 Å². The van der Waals surface area contributed by atoms with Crippen LogP contribution in [0.3, 0.4) is 0 Å². The Labute approximate surface area is 77.8 Å². The van der Waals surface area contributed by atoms with E-state index >= 15 is 0 Å². The average Bonchev–Trinajstić information content (AvgIpc) is 2.52. The molecule has 0 aromatic rings. The van der Waals surface area contributed by atoms with E-state index in [4.69, 9.17) is 5.11 Å². The lowest BCUT2D eigenvalue weighted by atomic mass is 10.4. The summed E-state index contributed by atoms with van der Waals surface area (Å²) in [5, 5.41) is 7.60. The Morgan fingerprint density at radius 3 is 2.46 bits per heavy atom. The first-order valence-electron chi connectivity index (χ1n) is 4.19. The molecule has 0 unspecified atom stereocenters. The van der Waals surface area contributed by atoms with Crippen LogP contribution in [0.4, 0.5) is 0 Å². The third-order valence-electron chi connectivity index (χ3n) is 1.73. The van der Waals surface area contributed by atoms with Gasteiger partial charge in [0, 0.05) is 19.0 Å². The van der Waals surface area contributed by atoms with Gasteiger partial charge in [-0.05, 0) is 6.54 Å². The van der Waals surface area contributed by atoms with E-state index in [9.17, 15) is 9.59 Å². The van der Waals surface area contributed by atoms with E-state index in [-0.39, 0.29) is 0 Å². The number of carboxylic acids is 1. The average molecular weight is 185 g/mol. The lowest BCUT2D eigenvalue weighted by Crippen LogP contribution is -2.19. The molecule has 0 amide bonds. The molecule has 1 N–H and O–H groups in total. The van der Waals surface area contributed by atoms with Gasteiger partial charge in [0.1, 0.15) is 5.78 Å². The second kappa shape index (κ2) is 6.37. The van der Waals surface area contributed by atoms with Crippen LogP contribution in [0.15, 0.2) is 12.7 Å². The fourth-order valence-corrected chi connectivity index (χ4v) is 0.960. The first kappa shape index (κ1) is 11.8. The summed E-state index contributed by atoms with van der Waals surface area (Å²) in [6.45, 7) is 7.73. The predicted octanol–water partition coefficient (Wildman–Crippen LogP) is 0.538. The second-order valence-electron chi connectivity index (χ2n) is 2.70. The fraction of sp³-hybridized carbons (Fsp3) is 0.556. The van der Waals surface area contributed by atoms with Crippen LogP contribution in [0.2, 0.25) is 0 Å². The Balaban J connectivity index is 0.000000252. The standard InChI is InChI=1S/C6H11NO.C3H4O2/c1-2-7-4-3-6(8)5-7;1-2-3(4)5/h2-5H2,1H3;2H,1H2,(H,4,5). The molecule has 74 valence electrons. The number of ketones is 1. The highest BCUT2D eigenvalue weighted by atomic mass is 16.4. The highest BCUT2D eigenvalue weighted by Crippen LogP contribution is 2.01. The second-order valence-corrected chi connectivity index (χ2v) is 2.70. The number of Topliss-reactive ketones (excluding diaryl/α,β-unsaturated/α-hetero) is 1. The molecular weight excluding hydrogens is 170 g/mol. The van der Waals surface area contributed by atoms with Crippen molar-refractivity contribution in [2.45, 2.75) is 13.3 Å². The molecule has 1 rings (SSSR count). The van der Waals surface area contributed by atoms with Crippen LogP contribution in [0.25, 0.3) is 0 Å². The van der Waals surface area contributed by atoms with Crippen LogP contribution >= 0.6 is 0 Å². The summed E-state index contributed by atoms with van der Waals surface area (Å²) in [6.07, 6.45) is 1.60. The van der Waals surface area contributed by atoms with E-state index in [0.717, 1.165) is 25.6 Å². The van der Waals surface area contributed by atoms with Crippen LogP contribution in [0, 0.1) is 0 Å². The van der Waals surface area contributed by atoms with Gasteiger partial charge < -0.3 is 5.11 Å². The zero-order valence-corrected chi connectivity index (χ0v) is 7.82. The van der Waals surface area contributed by atoms with Crippen molar-refractivity contribution in [2.75, 3.05) is 19.6 Å². The van der Waals surface area contributed by atoms with Crippen LogP contribution in [0.5, 0.6) is 0 Å². The lowest BCUT2D eigenvalue weighted by Gasteiger charge is -2.07. The van der Waals surface area contributed by atoms with Gasteiger partial charge in [0.25, 0.3) is 0 Å². The number of aliphatic carboxylic acids is 1. The lowest BCUT2D eigenvalue weighted by molar-refractivity contribution is -0.131. The number of likely N-dealkylation sites (tertiary alicyclic amines) is 1. The first-order chi connectivity index (χ1) is 6.10. The molecule has 4 heteroatoms. The summed E-state index contributed by atoms with van der Waals surface area (Å²) in [5.41, 5.74) is 0. The SMILES string of the molecule is C=CC(=O)O.CCN1CCC(=O)C1. The van der Waals surface area contributed by atoms with Gasteiger partial charge in [0.05, 0.1) is 6.54 Å². The Hall–Kier alpha value is -1.16. The molecule has 1 fully saturated rings. The zero-order chi connectivity index (χ0) is 10.3. The van der Waals surface area contributed by atoms with Crippen molar-refractivity contribution in [1.82, 2.24) is 4.90 Å². The van der Waals surface area contributed by atoms with Crippen molar-refractivity contribution < 1.29 is 14.7 Å². The number of likely N-dealkylation sites (N-methyl/N-ethyl adjacent to an activating group) is 1. The maximum absolute atomic E-state index is 10.6. The molecule has 0 bridgehead atoms. The molecule has 0 aliphatic carbocycles. The number of hydrogen-bond acceptors (Lipinski definition) is 3. The summed E-state index contributed by atoms with van der Waals surface area (Å²) in [4.78, 5) is 22.0. The summed E-state index contributed by atoms with van der Waals surface area (Å²) >= 11 is 0. The summed E-state index contributed by atoms with van der Waals surface area (Å²) < 4.78 is 0. The maximum Gasteiger partial charge on any atom is 0.327 e. The molecule has 1 aliphatic heterocycles. The monoisotopic (exact) mass is 185 g/mol. The van der Waals surface area contributed by atoms with Crippen molar-refractivity contribution in [3.63, 3.8) is 0 Å². The molecule has 0 saturated carbocycles. The highest BCUT2D eigenvalue weighted by Gasteiger charge is 2.16. The van der Waals surface area contributed by atoms with E-state index in [2.05, 4.69) is 18.4 Å². The van der Waals surface area contributed by atoms with Crippen molar-refractivity contribution in [1.29, 1.82) is 0 Å². The summed E-state index contributed by atoms with van der Waals surface area (Å²) in [6, 6.07) is 0. The van der Waals surface area contributed by atoms with Gasteiger partial charge in [-0.3, -0.25) is 9.69 Å². The zero-order valence-electron chi connectivity index (χ0n) is 7.82. The van der Waals surface area contributed by atoms with Gasteiger partial charge in [-0.1, -0.05) is 13.5 Å². The van der Waals surface area contributed by atoms with E-state index in [0.29, 0.717) is 12.3 Å². The van der Waals surface area contributed by atoms with Gasteiger partial charge in [-0.25, -0.2) is 4.79 Å². The Bertz CT molecular complexity index is 201. The molecule has 13 heavy (non-hydrogen) atoms. The highest BCUT2D eigenvalue weighted by molar-refractivity contribution is 5.82. The molecule has 1 heterocycles. The van der Waals surface area contributed by atoms with E-state index < -0.39 is 5.97 Å². The summed E-state index contributed by atoms with van der Waals surface area (Å²) in [7, 11) is 0. The van der Waals surface area contributed by atoms with Gasteiger partial charge in [0.15, 0.2) is 0 Å². The number of carbonyl (C=O) groups excluding carboxylic acids is 1. The van der Waals surface area contributed by atoms with Crippen LogP contribution in [0.1, 0.15) is 13.3 Å². The molecule has 1 aliphatic rings. The van der Waals surface area contributed by atoms with Gasteiger partial charge in [0.2, 0.25) is 0 Å². The minimum atomic E-state index is -0.981. The number of nitrogens with zero attached hydrogens (tertiary/aromatic N) is 1. The smallest absolute Gasteiger partial charge is 0.327 e. The molecule has 0 atom stereocenters. The van der Waals surface area contributed by atoms with E-state index in [1.54, 1.807) is 0 Å². The third kappa shape index (κ3) is 6.04. The Morgan fingerprint density at radius 1 is 1.77 bits per heavy atom. The molecule has 0 aromatic heterocycles. The first-order valence-corrected chi connectivity index (χ1v) is 4.19. The van der Waals surface area contributed by atoms with E-state index in [1.807, 2.05) is 0 Å². The van der Waals surface area contributed by atoms with Crippen molar-refractivity contribution >= 4 is 11.8 Å². The maximum atomic E-state index is 10.6. The third-order valence-corrected chi connectivity index (χ3v) is 1.73. The largest absolute Gasteiger partial charge is 0.478 e. The number of carbonyl (C=O) groups is 2. The minimum Gasteiger partial charge on any atom is -0.478 e. The fourth-order valence-electron chi connectivity index (χ4n) is 0.960. The predicted molar refractivity (Wildman–Crippen MR) is 49.6 cm³/mol. The van der Waals surface area contributed by atoms with Crippen LogP contribution in [-0.4, -0.2) is 41.4 Å². The molecule has 0 aromatic carbocycles. The van der Waals surface area contributed by atoms with Gasteiger partial charge in [-0.15, -0.1) is 0 Å².